The molecule has 0 spiro atoms. The van der Waals surface area contributed by atoms with Crippen LogP contribution in [0.25, 0.3) is 0 Å². The molecule has 0 rings (SSSR count). The zero-order chi connectivity index (χ0) is 10.5. The van der Waals surface area contributed by atoms with E-state index < -0.39 is 0 Å². The Balaban J connectivity index is 3.76. The van der Waals surface area contributed by atoms with Crippen molar-refractivity contribution in [3.63, 3.8) is 0 Å². The molecule has 13 heavy (non-hydrogen) atoms. The van der Waals surface area contributed by atoms with Gasteiger partial charge in [0.1, 0.15) is 0 Å². The van der Waals surface area contributed by atoms with Crippen LogP contribution in [0.5, 0.6) is 0 Å². The zero-order valence-corrected chi connectivity index (χ0v) is 10.7. The van der Waals surface area contributed by atoms with Gasteiger partial charge in [0.15, 0.2) is 0 Å². The van der Waals surface area contributed by atoms with Crippen molar-refractivity contribution in [1.82, 2.24) is 4.90 Å². The topological polar surface area (TPSA) is 3.24 Å². The van der Waals surface area contributed by atoms with Gasteiger partial charge in [-0.05, 0) is 44.5 Å². The standard InChI is InChI=1S/C11H25NS/c1-10(11(2,3)4)12(5)8-6-7-9-13/h10,13H,6-9H2,1-5H3. The number of thiol groups is 1. The van der Waals surface area contributed by atoms with Crippen LogP contribution in [0.2, 0.25) is 0 Å². The largest absolute Gasteiger partial charge is 0.303 e. The monoisotopic (exact) mass is 203 g/mol. The van der Waals surface area contributed by atoms with Gasteiger partial charge in [-0.25, -0.2) is 0 Å². The van der Waals surface area contributed by atoms with Gasteiger partial charge in [-0.3, -0.25) is 0 Å². The van der Waals surface area contributed by atoms with Crippen molar-refractivity contribution < 1.29 is 0 Å². The highest BCUT2D eigenvalue weighted by Crippen LogP contribution is 2.22. The summed E-state index contributed by atoms with van der Waals surface area (Å²) in [6, 6.07) is 0.646. The van der Waals surface area contributed by atoms with Crippen LogP contribution in [-0.2, 0) is 0 Å². The van der Waals surface area contributed by atoms with E-state index in [0.717, 1.165) is 5.75 Å². The van der Waals surface area contributed by atoms with Gasteiger partial charge in [0.25, 0.3) is 0 Å². The van der Waals surface area contributed by atoms with Crippen LogP contribution in [0.15, 0.2) is 0 Å². The molecule has 0 radical (unpaired) electrons. The molecule has 0 saturated carbocycles. The smallest absolute Gasteiger partial charge is 0.0112 e. The van der Waals surface area contributed by atoms with E-state index in [4.69, 9.17) is 0 Å². The molecule has 0 aliphatic rings. The Labute approximate surface area is 89.3 Å². The highest BCUT2D eigenvalue weighted by Gasteiger charge is 2.22. The number of hydrogen-bond acceptors (Lipinski definition) is 2. The van der Waals surface area contributed by atoms with Crippen molar-refractivity contribution in [2.45, 2.75) is 46.6 Å². The Morgan fingerprint density at radius 2 is 1.77 bits per heavy atom. The van der Waals surface area contributed by atoms with Crippen molar-refractivity contribution in [3.05, 3.63) is 0 Å². The summed E-state index contributed by atoms with van der Waals surface area (Å²) in [4.78, 5) is 2.45. The molecule has 0 aliphatic heterocycles. The molecule has 0 heterocycles. The number of rotatable bonds is 5. The molecule has 0 saturated heterocycles. The van der Waals surface area contributed by atoms with Gasteiger partial charge in [0.05, 0.1) is 0 Å². The molecular weight excluding hydrogens is 178 g/mol. The molecule has 2 heteroatoms. The van der Waals surface area contributed by atoms with E-state index in [1.807, 2.05) is 0 Å². The van der Waals surface area contributed by atoms with E-state index in [1.165, 1.54) is 19.4 Å². The minimum absolute atomic E-state index is 0.385. The lowest BCUT2D eigenvalue weighted by Crippen LogP contribution is -2.39. The lowest BCUT2D eigenvalue weighted by molar-refractivity contribution is 0.140. The van der Waals surface area contributed by atoms with Crippen LogP contribution < -0.4 is 0 Å². The van der Waals surface area contributed by atoms with Gasteiger partial charge in [-0.1, -0.05) is 20.8 Å². The van der Waals surface area contributed by atoms with E-state index in [9.17, 15) is 0 Å². The fraction of sp³-hybridized carbons (Fsp3) is 1.00. The maximum Gasteiger partial charge on any atom is 0.0112 e. The third kappa shape index (κ3) is 5.58. The van der Waals surface area contributed by atoms with E-state index in [2.05, 4.69) is 52.3 Å². The van der Waals surface area contributed by atoms with Crippen molar-refractivity contribution in [2.75, 3.05) is 19.3 Å². The highest BCUT2D eigenvalue weighted by molar-refractivity contribution is 7.80. The molecule has 1 unspecified atom stereocenters. The maximum atomic E-state index is 4.21. The van der Waals surface area contributed by atoms with E-state index in [-0.39, 0.29) is 0 Å². The van der Waals surface area contributed by atoms with Crippen molar-refractivity contribution >= 4 is 12.6 Å². The molecule has 0 N–H and O–H groups in total. The summed E-state index contributed by atoms with van der Waals surface area (Å²) in [7, 11) is 2.22. The molecule has 1 nitrogen and oxygen atoms in total. The second-order valence-electron chi connectivity index (χ2n) is 4.95. The molecule has 1 atom stereocenters. The van der Waals surface area contributed by atoms with Crippen LogP contribution in [0.1, 0.15) is 40.5 Å². The first-order valence-corrected chi connectivity index (χ1v) is 5.84. The Morgan fingerprint density at radius 3 is 2.15 bits per heavy atom. The summed E-state index contributed by atoms with van der Waals surface area (Å²) in [5, 5.41) is 0. The van der Waals surface area contributed by atoms with Gasteiger partial charge in [-0.2, -0.15) is 12.6 Å². The second kappa shape index (κ2) is 5.92. The van der Waals surface area contributed by atoms with Gasteiger partial charge >= 0.3 is 0 Å². The Morgan fingerprint density at radius 1 is 1.23 bits per heavy atom. The van der Waals surface area contributed by atoms with Gasteiger partial charge in [-0.15, -0.1) is 0 Å². The quantitative estimate of drug-likeness (QED) is 0.531. The van der Waals surface area contributed by atoms with Gasteiger partial charge in [0.2, 0.25) is 0 Å². The Bertz CT molecular complexity index is 129. The average molecular weight is 203 g/mol. The van der Waals surface area contributed by atoms with Crippen LogP contribution in [0.3, 0.4) is 0 Å². The molecule has 80 valence electrons. The highest BCUT2D eigenvalue weighted by atomic mass is 32.1. The van der Waals surface area contributed by atoms with Crippen LogP contribution in [0.4, 0.5) is 0 Å². The predicted octanol–water partition coefficient (Wildman–Crippen LogP) is 3.06. The zero-order valence-electron chi connectivity index (χ0n) is 9.80. The molecule has 0 aromatic rings. The third-order valence-electron chi connectivity index (χ3n) is 2.83. The van der Waals surface area contributed by atoms with Crippen molar-refractivity contribution in [3.8, 4) is 0 Å². The fourth-order valence-corrected chi connectivity index (χ4v) is 1.55. The van der Waals surface area contributed by atoms with Gasteiger partial charge in [0, 0.05) is 6.04 Å². The molecule has 0 aromatic heterocycles. The van der Waals surface area contributed by atoms with E-state index in [1.54, 1.807) is 0 Å². The minimum atomic E-state index is 0.385. The van der Waals surface area contributed by atoms with Crippen molar-refractivity contribution in [1.29, 1.82) is 0 Å². The normalized spacial score (nSPS) is 15.0. The summed E-state index contributed by atoms with van der Waals surface area (Å²) in [6.45, 7) is 10.4. The average Bonchev–Trinajstić information content (AvgIpc) is 2.01. The maximum absolute atomic E-state index is 4.21. The van der Waals surface area contributed by atoms with E-state index >= 15 is 0 Å². The molecule has 0 aliphatic carbocycles. The number of unbranched alkanes of at least 4 members (excludes halogenated alkanes) is 1. The lowest BCUT2D eigenvalue weighted by Gasteiger charge is -2.35. The first-order chi connectivity index (χ1) is 5.89. The minimum Gasteiger partial charge on any atom is -0.303 e. The first kappa shape index (κ1) is 13.3. The number of hydrogen-bond donors (Lipinski definition) is 1. The number of nitrogens with zero attached hydrogens (tertiary/aromatic N) is 1. The summed E-state index contributed by atoms with van der Waals surface area (Å²) >= 11 is 4.21. The molecular formula is C11H25NS. The Kier molecular flexibility index (Phi) is 6.06. The second-order valence-corrected chi connectivity index (χ2v) is 5.40. The SMILES string of the molecule is CC(N(C)CCCCS)C(C)(C)C. The lowest BCUT2D eigenvalue weighted by atomic mass is 9.87. The summed E-state index contributed by atoms with van der Waals surface area (Å²) in [5.74, 6) is 1.01. The van der Waals surface area contributed by atoms with E-state index in [0.29, 0.717) is 11.5 Å². The third-order valence-corrected chi connectivity index (χ3v) is 3.15. The summed E-state index contributed by atoms with van der Waals surface area (Å²) in [6.07, 6.45) is 2.49. The van der Waals surface area contributed by atoms with Crippen LogP contribution >= 0.6 is 12.6 Å². The fourth-order valence-electron chi connectivity index (χ4n) is 1.33. The summed E-state index contributed by atoms with van der Waals surface area (Å²) in [5.41, 5.74) is 0.385. The predicted molar refractivity (Wildman–Crippen MR) is 64.6 cm³/mol. The Hall–Kier alpha value is 0.310. The summed E-state index contributed by atoms with van der Waals surface area (Å²) < 4.78 is 0. The van der Waals surface area contributed by atoms with Crippen molar-refractivity contribution in [2.24, 2.45) is 5.41 Å². The molecule has 0 aromatic carbocycles. The first-order valence-electron chi connectivity index (χ1n) is 5.20. The molecule has 0 fully saturated rings. The molecule has 0 amide bonds. The van der Waals surface area contributed by atoms with Crippen LogP contribution in [0, 0.1) is 5.41 Å². The van der Waals surface area contributed by atoms with Crippen LogP contribution in [-0.4, -0.2) is 30.3 Å². The van der Waals surface area contributed by atoms with Gasteiger partial charge < -0.3 is 4.90 Å². The molecule has 0 bridgehead atoms.